The van der Waals surface area contributed by atoms with E-state index in [0.717, 1.165) is 35.8 Å². The summed E-state index contributed by atoms with van der Waals surface area (Å²) in [5.41, 5.74) is 2.69. The number of carbonyl (C=O) groups is 2. The molecule has 144 valence electrons. The van der Waals surface area contributed by atoms with Crippen LogP contribution in [0.1, 0.15) is 42.9 Å². The lowest BCUT2D eigenvalue weighted by atomic mass is 10.0. The Morgan fingerprint density at radius 3 is 2.78 bits per heavy atom. The molecule has 27 heavy (non-hydrogen) atoms. The molecule has 7 nitrogen and oxygen atoms in total. The molecule has 3 rings (SSSR count). The molecule has 0 fully saturated rings. The lowest BCUT2D eigenvalue weighted by Crippen LogP contribution is -2.37. The minimum Gasteiger partial charge on any atom is -0.550 e. The van der Waals surface area contributed by atoms with Gasteiger partial charge in [0.2, 0.25) is 0 Å². The van der Waals surface area contributed by atoms with E-state index in [9.17, 15) is 19.5 Å². The monoisotopic (exact) mass is 372 g/mol. The highest BCUT2D eigenvalue weighted by Gasteiger charge is 2.22. The summed E-state index contributed by atoms with van der Waals surface area (Å²) < 4.78 is 11.3. The summed E-state index contributed by atoms with van der Waals surface area (Å²) in [4.78, 5) is 34.7. The second kappa shape index (κ2) is 7.82. The standard InChI is InChI=1S/C20H23NO6/c1-11-16(26-12(2)19(24)21-10-4-7-17(22)23)9-8-14-13-5-3-6-15(13)20(25)27-18(11)14/h8-9,12H,3-7,10H2,1-2H3,(H,21,24)(H,22,23)/p-1/t12-/m1/s1. The fourth-order valence-corrected chi connectivity index (χ4v) is 3.42. The normalized spacial score (nSPS) is 14.0. The summed E-state index contributed by atoms with van der Waals surface area (Å²) in [6.45, 7) is 3.64. The van der Waals surface area contributed by atoms with Gasteiger partial charge in [-0.2, -0.15) is 0 Å². The van der Waals surface area contributed by atoms with Gasteiger partial charge in [-0.05, 0) is 63.6 Å². The van der Waals surface area contributed by atoms with Gasteiger partial charge in [-0.25, -0.2) is 4.79 Å². The van der Waals surface area contributed by atoms with E-state index in [2.05, 4.69) is 5.32 Å². The molecule has 0 aliphatic heterocycles. The summed E-state index contributed by atoms with van der Waals surface area (Å²) in [7, 11) is 0. The molecule has 0 radical (unpaired) electrons. The Bertz CT molecular complexity index is 946. The van der Waals surface area contributed by atoms with Gasteiger partial charge in [0.15, 0.2) is 6.10 Å². The van der Waals surface area contributed by atoms with Crippen molar-refractivity contribution in [2.75, 3.05) is 6.54 Å². The maximum absolute atomic E-state index is 12.2. The van der Waals surface area contributed by atoms with Crippen molar-refractivity contribution in [1.29, 1.82) is 0 Å². The fourth-order valence-electron chi connectivity index (χ4n) is 3.42. The average Bonchev–Trinajstić information content (AvgIpc) is 3.12. The van der Waals surface area contributed by atoms with Crippen molar-refractivity contribution in [1.82, 2.24) is 5.32 Å². The summed E-state index contributed by atoms with van der Waals surface area (Å²) in [6, 6.07) is 3.66. The third-order valence-corrected chi connectivity index (χ3v) is 4.87. The van der Waals surface area contributed by atoms with Crippen LogP contribution < -0.4 is 20.8 Å². The highest BCUT2D eigenvalue weighted by molar-refractivity contribution is 5.86. The number of amides is 1. The molecule has 1 amide bonds. The summed E-state index contributed by atoms with van der Waals surface area (Å²) in [6.07, 6.45) is 1.98. The SMILES string of the molecule is Cc1c(O[C@H](C)C(=O)NCCCC(=O)[O-])ccc2c3c(c(=O)oc12)CCC3. The zero-order valence-corrected chi connectivity index (χ0v) is 15.4. The van der Waals surface area contributed by atoms with Crippen LogP contribution in [-0.4, -0.2) is 24.5 Å². The largest absolute Gasteiger partial charge is 0.550 e. The number of nitrogens with one attached hydrogen (secondary N) is 1. The van der Waals surface area contributed by atoms with Crippen LogP contribution in [0.3, 0.4) is 0 Å². The quantitative estimate of drug-likeness (QED) is 0.574. The van der Waals surface area contributed by atoms with Gasteiger partial charge in [-0.3, -0.25) is 4.79 Å². The number of aliphatic carboxylic acids is 1. The van der Waals surface area contributed by atoms with Crippen molar-refractivity contribution >= 4 is 22.8 Å². The van der Waals surface area contributed by atoms with Crippen LogP contribution in [0.2, 0.25) is 0 Å². The molecule has 7 heteroatoms. The van der Waals surface area contributed by atoms with Crippen molar-refractivity contribution in [3.63, 3.8) is 0 Å². The van der Waals surface area contributed by atoms with Crippen LogP contribution in [0.15, 0.2) is 21.3 Å². The van der Waals surface area contributed by atoms with E-state index in [-0.39, 0.29) is 24.5 Å². The third-order valence-electron chi connectivity index (χ3n) is 4.87. The zero-order chi connectivity index (χ0) is 19.6. The molecule has 0 spiro atoms. The lowest BCUT2D eigenvalue weighted by Gasteiger charge is -2.17. The lowest BCUT2D eigenvalue weighted by molar-refractivity contribution is -0.305. The van der Waals surface area contributed by atoms with Gasteiger partial charge < -0.3 is 24.4 Å². The molecule has 0 bridgehead atoms. The first-order valence-corrected chi connectivity index (χ1v) is 9.11. The van der Waals surface area contributed by atoms with Crippen molar-refractivity contribution < 1.29 is 23.8 Å². The number of aryl methyl sites for hydroxylation is 2. The molecule has 0 saturated carbocycles. The number of hydrogen-bond donors (Lipinski definition) is 1. The zero-order valence-electron chi connectivity index (χ0n) is 15.4. The smallest absolute Gasteiger partial charge is 0.339 e. The Morgan fingerprint density at radius 2 is 2.04 bits per heavy atom. The van der Waals surface area contributed by atoms with E-state index < -0.39 is 12.1 Å². The van der Waals surface area contributed by atoms with Crippen LogP contribution in [0.4, 0.5) is 0 Å². The third kappa shape index (κ3) is 3.97. The van der Waals surface area contributed by atoms with Gasteiger partial charge >= 0.3 is 5.63 Å². The minimum absolute atomic E-state index is 0.108. The highest BCUT2D eigenvalue weighted by Crippen LogP contribution is 2.33. The van der Waals surface area contributed by atoms with E-state index in [0.29, 0.717) is 23.3 Å². The van der Waals surface area contributed by atoms with E-state index >= 15 is 0 Å². The molecule has 1 aromatic carbocycles. The molecule has 1 atom stereocenters. The number of carbonyl (C=O) groups excluding carboxylic acids is 2. The molecule has 0 saturated heterocycles. The average molecular weight is 372 g/mol. The Morgan fingerprint density at radius 1 is 1.30 bits per heavy atom. The number of carboxylic acids is 1. The van der Waals surface area contributed by atoms with Gasteiger partial charge in [0.25, 0.3) is 5.91 Å². The molecule has 1 N–H and O–H groups in total. The Labute approximate surface area is 156 Å². The molecular formula is C20H22NO6-. The Hall–Kier alpha value is -2.83. The van der Waals surface area contributed by atoms with E-state index in [1.807, 2.05) is 6.07 Å². The summed E-state index contributed by atoms with van der Waals surface area (Å²) in [5.74, 6) is -1.02. The fraction of sp³-hybridized carbons (Fsp3) is 0.450. The molecule has 2 aromatic rings. The predicted octanol–water partition coefficient (Wildman–Crippen LogP) is 1.00. The first-order chi connectivity index (χ1) is 12.9. The van der Waals surface area contributed by atoms with Crippen LogP contribution >= 0.6 is 0 Å². The first kappa shape index (κ1) is 18.9. The maximum Gasteiger partial charge on any atom is 0.339 e. The van der Waals surface area contributed by atoms with E-state index in [1.54, 1.807) is 19.9 Å². The summed E-state index contributed by atoms with van der Waals surface area (Å²) >= 11 is 0. The topological polar surface area (TPSA) is 109 Å². The number of rotatable bonds is 7. The molecule has 0 unspecified atom stereocenters. The number of ether oxygens (including phenoxy) is 1. The first-order valence-electron chi connectivity index (χ1n) is 9.11. The number of benzene rings is 1. The molecular weight excluding hydrogens is 350 g/mol. The van der Waals surface area contributed by atoms with Crippen molar-refractivity contribution in [3.8, 4) is 5.75 Å². The molecule has 1 aliphatic carbocycles. The van der Waals surface area contributed by atoms with Crippen molar-refractivity contribution in [2.24, 2.45) is 0 Å². The van der Waals surface area contributed by atoms with Crippen LogP contribution in [0, 0.1) is 6.92 Å². The molecule has 1 aliphatic rings. The summed E-state index contributed by atoms with van der Waals surface area (Å²) in [5, 5.41) is 13.9. The minimum atomic E-state index is -1.15. The Kier molecular flexibility index (Phi) is 5.48. The predicted molar refractivity (Wildman–Crippen MR) is 96.6 cm³/mol. The maximum atomic E-state index is 12.2. The van der Waals surface area contributed by atoms with Crippen LogP contribution in [0.25, 0.3) is 11.0 Å². The van der Waals surface area contributed by atoms with Gasteiger partial charge in [-0.1, -0.05) is 0 Å². The van der Waals surface area contributed by atoms with Crippen molar-refractivity contribution in [2.45, 2.75) is 52.1 Å². The van der Waals surface area contributed by atoms with Gasteiger partial charge in [-0.15, -0.1) is 0 Å². The van der Waals surface area contributed by atoms with E-state index in [4.69, 9.17) is 9.15 Å². The second-order valence-electron chi connectivity index (χ2n) is 6.79. The van der Waals surface area contributed by atoms with Crippen LogP contribution in [0.5, 0.6) is 5.75 Å². The van der Waals surface area contributed by atoms with Gasteiger partial charge in [0, 0.05) is 29.0 Å². The highest BCUT2D eigenvalue weighted by atomic mass is 16.5. The molecule has 1 aromatic heterocycles. The molecule has 1 heterocycles. The number of fused-ring (bicyclic) bond motifs is 3. The van der Waals surface area contributed by atoms with Crippen LogP contribution in [-0.2, 0) is 22.4 Å². The van der Waals surface area contributed by atoms with Gasteiger partial charge in [0.05, 0.1) is 0 Å². The van der Waals surface area contributed by atoms with Crippen molar-refractivity contribution in [3.05, 3.63) is 39.2 Å². The van der Waals surface area contributed by atoms with Gasteiger partial charge in [0.1, 0.15) is 11.3 Å². The number of hydrogen-bond acceptors (Lipinski definition) is 6. The Balaban J connectivity index is 1.74. The second-order valence-corrected chi connectivity index (χ2v) is 6.79. The van der Waals surface area contributed by atoms with E-state index in [1.165, 1.54) is 0 Å². The number of carboxylic acid groups (broad SMARTS) is 1.